The molecule has 13 rings (SSSR count). The van der Waals surface area contributed by atoms with E-state index in [1.807, 2.05) is 30.7 Å². The summed E-state index contributed by atoms with van der Waals surface area (Å²) in [5.41, 5.74) is 6.62. The summed E-state index contributed by atoms with van der Waals surface area (Å²) in [6.45, 7) is 18.0. The Balaban J connectivity index is 0.000000127. The van der Waals surface area contributed by atoms with Crippen LogP contribution in [0, 0.1) is 0 Å². The lowest BCUT2D eigenvalue weighted by molar-refractivity contribution is 0.00578. The predicted octanol–water partition coefficient (Wildman–Crippen LogP) is 10.4. The van der Waals surface area contributed by atoms with Crippen LogP contribution in [0.4, 0.5) is 11.6 Å². The van der Waals surface area contributed by atoms with Crippen LogP contribution in [0.5, 0.6) is 11.5 Å². The minimum atomic E-state index is -0.297. The Hall–Kier alpha value is -5.15. The highest BCUT2D eigenvalue weighted by Gasteiger charge is 2.52. The maximum atomic E-state index is 6.30. The normalized spacial score (nSPS) is 19.9. The summed E-state index contributed by atoms with van der Waals surface area (Å²) in [5, 5.41) is 3.79. The molecule has 3 atom stereocenters. The molecule has 10 heterocycles. The number of rotatable bonds is 4. The number of alkyl halides is 1. The fraction of sp³-hybridized carbons (Fsp3) is 0.385. The molecule has 3 unspecified atom stereocenters. The van der Waals surface area contributed by atoms with Gasteiger partial charge < -0.3 is 53.0 Å². The fourth-order valence-electron chi connectivity index (χ4n) is 9.14. The van der Waals surface area contributed by atoms with E-state index >= 15 is 0 Å². The molecule has 3 aromatic carbocycles. The lowest BCUT2D eigenvalue weighted by atomic mass is 9.77. The van der Waals surface area contributed by atoms with Crippen molar-refractivity contribution < 1.29 is 28.3 Å². The van der Waals surface area contributed by atoms with Crippen LogP contribution < -0.4 is 24.7 Å². The molecule has 8 aromatic rings. The average Bonchev–Trinajstić information content (AvgIpc) is 4.21. The number of aromatic amines is 3. The van der Waals surface area contributed by atoms with Crippen LogP contribution in [-0.2, 0) is 18.8 Å². The number of fused-ring (bicyclic) bond motifs is 9. The largest absolute Gasteiger partial charge is 0.495 e. The molecule has 19 heteroatoms. The van der Waals surface area contributed by atoms with Crippen molar-refractivity contribution in [3.8, 4) is 34.1 Å². The van der Waals surface area contributed by atoms with Gasteiger partial charge in [-0.1, -0.05) is 84.4 Å². The molecule has 5 aliphatic rings. The Morgan fingerprint density at radius 2 is 1.17 bits per heavy atom. The van der Waals surface area contributed by atoms with Crippen LogP contribution in [0.3, 0.4) is 0 Å². The third kappa shape index (κ3) is 10.0. The van der Waals surface area contributed by atoms with Gasteiger partial charge in [0.2, 0.25) is 5.28 Å². The molecule has 3 N–H and O–H groups in total. The summed E-state index contributed by atoms with van der Waals surface area (Å²) in [7, 11) is -0.297. The van der Waals surface area contributed by atoms with Crippen LogP contribution in [0.2, 0.25) is 10.4 Å². The maximum Gasteiger partial charge on any atom is 0.495 e. The van der Waals surface area contributed by atoms with Crippen LogP contribution in [0.1, 0.15) is 48.0 Å². The quantitative estimate of drug-likeness (QED) is 0.0504. The van der Waals surface area contributed by atoms with Crippen LogP contribution in [-0.4, -0.2) is 122 Å². The number of benzene rings is 3. The molecule has 0 amide bonds. The van der Waals surface area contributed by atoms with E-state index in [0.29, 0.717) is 57.0 Å². The molecule has 0 spiro atoms. The first kappa shape index (κ1) is 49.4. The lowest BCUT2D eigenvalue weighted by Crippen LogP contribution is -2.51. The van der Waals surface area contributed by atoms with Crippen molar-refractivity contribution in [2.75, 3.05) is 62.5 Å². The molecule has 71 heavy (non-hydrogen) atoms. The number of aromatic nitrogens is 7. The molecular weight excluding hydrogens is 1060 g/mol. The molecule has 3 fully saturated rings. The van der Waals surface area contributed by atoms with Gasteiger partial charge in [0, 0.05) is 74.1 Å². The van der Waals surface area contributed by atoms with Crippen molar-refractivity contribution in [1.82, 2.24) is 34.9 Å². The van der Waals surface area contributed by atoms with E-state index in [9.17, 15) is 0 Å². The summed E-state index contributed by atoms with van der Waals surface area (Å²) in [6, 6.07) is 25.2. The number of halogens is 3. The summed E-state index contributed by atoms with van der Waals surface area (Å²) in [6.07, 6.45) is 7.15. The van der Waals surface area contributed by atoms with E-state index in [1.54, 1.807) is 0 Å². The zero-order chi connectivity index (χ0) is 49.4. The number of hydrogen-bond acceptors (Lipinski definition) is 12. The van der Waals surface area contributed by atoms with E-state index in [0.717, 1.165) is 83.6 Å². The zero-order valence-electron chi connectivity index (χ0n) is 40.6. The lowest BCUT2D eigenvalue weighted by Gasteiger charge is -2.40. The third-order valence-corrected chi connectivity index (χ3v) is 15.2. The highest BCUT2D eigenvalue weighted by molar-refractivity contribution is 14.1. The Bertz CT molecular complexity index is 3150. The van der Waals surface area contributed by atoms with Crippen LogP contribution in [0.15, 0.2) is 91.4 Å². The molecule has 0 radical (unpaired) electrons. The Morgan fingerprint density at radius 1 is 0.662 bits per heavy atom. The summed E-state index contributed by atoms with van der Waals surface area (Å²) < 4.78 is 36.0. The first-order valence-corrected chi connectivity index (χ1v) is 26.1. The fourth-order valence-corrected chi connectivity index (χ4v) is 9.56. The molecule has 5 aliphatic heterocycles. The second-order valence-corrected chi connectivity index (χ2v) is 21.8. The molecule has 0 bridgehead atoms. The van der Waals surface area contributed by atoms with Crippen molar-refractivity contribution in [1.29, 1.82) is 0 Å². The van der Waals surface area contributed by atoms with Gasteiger partial charge in [-0.25, -0.2) is 15.0 Å². The minimum Gasteiger partial charge on any atom is -0.485 e. The monoisotopic (exact) mass is 1110 g/mol. The van der Waals surface area contributed by atoms with Gasteiger partial charge in [0.05, 0.1) is 49.7 Å². The summed E-state index contributed by atoms with van der Waals surface area (Å²) >= 11 is 14.2. The second kappa shape index (κ2) is 20.8. The van der Waals surface area contributed by atoms with Crippen LogP contribution in [0.25, 0.3) is 55.4 Å². The smallest absolute Gasteiger partial charge is 0.485 e. The van der Waals surface area contributed by atoms with E-state index < -0.39 is 0 Å². The molecule has 15 nitrogen and oxygen atoms in total. The summed E-state index contributed by atoms with van der Waals surface area (Å²) in [5.74, 6) is 3.49. The number of anilines is 2. The predicted molar refractivity (Wildman–Crippen MR) is 291 cm³/mol. The average molecular weight is 1110 g/mol. The van der Waals surface area contributed by atoms with Gasteiger partial charge in [-0.15, -0.1) is 0 Å². The van der Waals surface area contributed by atoms with Crippen molar-refractivity contribution >= 4 is 103 Å². The standard InChI is InChI=1S/C25H21N5O2.C14H18BNO2.C9H9Cl2N3O2.C4H9I/c1-3-18(16-7-9-26-20(16)5-1)22-23-25(30-11-12-31-13-15(30)14-32-23)29-24(28-22)19-4-2-6-21-17(19)8-10-27-21;1-13(2)14(3,4)18-15(17-13)11-6-5-7-12-10(11)8-9-16-12;10-7-6-8(13-9(11)12-7)14-1-2-15-3-5(14)4-16-6;1-3-4(2)5/h1-10,15,26-27H,11-14H2;5-9,16H,1-4H3;5H,1-4H2;4H,3H2,1-2H3. The third-order valence-electron chi connectivity index (χ3n) is 13.9. The molecular formula is C52H57BCl2IN9O6. The van der Waals surface area contributed by atoms with Crippen molar-refractivity contribution in [3.63, 3.8) is 0 Å². The van der Waals surface area contributed by atoms with Crippen molar-refractivity contribution in [2.24, 2.45) is 0 Å². The number of ether oxygens (including phenoxy) is 4. The van der Waals surface area contributed by atoms with Gasteiger partial charge >= 0.3 is 7.12 Å². The zero-order valence-corrected chi connectivity index (χ0v) is 44.3. The first-order valence-electron chi connectivity index (χ1n) is 24.1. The Kier molecular flexibility index (Phi) is 14.5. The van der Waals surface area contributed by atoms with E-state index in [2.05, 4.69) is 160 Å². The van der Waals surface area contributed by atoms with E-state index in [-0.39, 0.29) is 40.8 Å². The topological polar surface area (TPSA) is 161 Å². The van der Waals surface area contributed by atoms with Gasteiger partial charge in [0.1, 0.15) is 18.9 Å². The van der Waals surface area contributed by atoms with Crippen molar-refractivity contribution in [2.45, 2.75) is 75.2 Å². The molecule has 0 saturated carbocycles. The van der Waals surface area contributed by atoms with E-state index in [1.165, 1.54) is 6.42 Å². The Morgan fingerprint density at radius 3 is 1.76 bits per heavy atom. The Labute approximate surface area is 436 Å². The second-order valence-electron chi connectivity index (χ2n) is 19.0. The van der Waals surface area contributed by atoms with Crippen molar-refractivity contribution in [3.05, 3.63) is 102 Å². The molecule has 370 valence electrons. The summed E-state index contributed by atoms with van der Waals surface area (Å²) in [4.78, 5) is 32.5. The molecule has 5 aromatic heterocycles. The highest BCUT2D eigenvalue weighted by atomic mass is 127. The SMILES string of the molecule is CC1(C)OB(c2cccc3[nH]ccc23)OC1(C)C.CCC(C)I.Clc1nc(Cl)c2c(n1)N1CCOCC1CO2.c1cc(-c2nc(-c3cccc4[nH]ccc34)c3c(n2)N2CCOCC2CO3)c2cc[nH]c2c1. The van der Waals surface area contributed by atoms with Crippen LogP contribution >= 0.6 is 45.8 Å². The number of hydrogen-bond donors (Lipinski definition) is 3. The molecule has 3 saturated heterocycles. The number of nitrogens with one attached hydrogen (secondary N) is 3. The number of H-pyrrole nitrogens is 3. The van der Waals surface area contributed by atoms with Gasteiger partial charge in [0.15, 0.2) is 34.1 Å². The van der Waals surface area contributed by atoms with Gasteiger partial charge in [-0.2, -0.15) is 4.98 Å². The van der Waals surface area contributed by atoms with Gasteiger partial charge in [-0.3, -0.25) is 0 Å². The van der Waals surface area contributed by atoms with Gasteiger partial charge in [-0.05, 0) is 93.0 Å². The maximum absolute atomic E-state index is 6.30. The first-order chi connectivity index (χ1) is 34.3. The minimum absolute atomic E-state index is 0.138. The highest BCUT2D eigenvalue weighted by Crippen LogP contribution is 2.45. The van der Waals surface area contributed by atoms with E-state index in [4.69, 9.17) is 61.4 Å². The number of morpholine rings is 2. The number of nitrogens with zero attached hydrogens (tertiary/aromatic N) is 6. The molecule has 0 aliphatic carbocycles. The van der Waals surface area contributed by atoms with Gasteiger partial charge in [0.25, 0.3) is 0 Å².